The van der Waals surface area contributed by atoms with Crippen LogP contribution in [0.2, 0.25) is 5.02 Å². The van der Waals surface area contributed by atoms with Gasteiger partial charge in [0.25, 0.3) is 5.91 Å². The van der Waals surface area contributed by atoms with Crippen LogP contribution in [0.5, 0.6) is 0 Å². The number of aromatic amines is 1. The molecule has 6 heteroatoms. The van der Waals surface area contributed by atoms with Crippen molar-refractivity contribution in [3.63, 3.8) is 0 Å². The van der Waals surface area contributed by atoms with Crippen molar-refractivity contribution in [1.29, 1.82) is 0 Å². The Labute approximate surface area is 116 Å². The van der Waals surface area contributed by atoms with Gasteiger partial charge in [-0.1, -0.05) is 11.6 Å². The lowest BCUT2D eigenvalue weighted by Crippen LogP contribution is -2.18. The molecule has 2 aromatic rings. The summed E-state index contributed by atoms with van der Waals surface area (Å²) >= 11 is 6.13. The Morgan fingerprint density at radius 2 is 2.21 bits per heavy atom. The first kappa shape index (κ1) is 13.4. The number of anilines is 1. The highest BCUT2D eigenvalue weighted by Gasteiger charge is 2.11. The Hall–Kier alpha value is -2.01. The average Bonchev–Trinajstić information content (AvgIpc) is 2.94. The second kappa shape index (κ2) is 5.75. The molecule has 3 N–H and O–H groups in total. The summed E-state index contributed by atoms with van der Waals surface area (Å²) < 4.78 is 0. The minimum atomic E-state index is -0.145. The fourth-order valence-corrected chi connectivity index (χ4v) is 1.91. The highest BCUT2D eigenvalue weighted by atomic mass is 35.5. The van der Waals surface area contributed by atoms with E-state index in [1.54, 1.807) is 31.4 Å². The second-order valence-electron chi connectivity index (χ2n) is 4.15. The van der Waals surface area contributed by atoms with Gasteiger partial charge in [0.15, 0.2) is 0 Å². The number of halogens is 1. The van der Waals surface area contributed by atoms with Crippen molar-refractivity contribution in [2.45, 2.75) is 13.0 Å². The van der Waals surface area contributed by atoms with Crippen molar-refractivity contribution in [2.75, 3.05) is 12.4 Å². The van der Waals surface area contributed by atoms with Crippen LogP contribution in [0.1, 0.15) is 29.0 Å². The molecule has 0 saturated heterocycles. The van der Waals surface area contributed by atoms with E-state index in [4.69, 9.17) is 11.6 Å². The normalized spacial score (nSPS) is 11.9. The topological polar surface area (TPSA) is 69.8 Å². The maximum atomic E-state index is 11.6. The highest BCUT2D eigenvalue weighted by molar-refractivity contribution is 6.33. The number of carbonyl (C=O) groups is 1. The molecule has 100 valence electrons. The molecule has 19 heavy (non-hydrogen) atoms. The van der Waals surface area contributed by atoms with Crippen LogP contribution in [0, 0.1) is 0 Å². The molecule has 0 aliphatic rings. The average molecular weight is 279 g/mol. The van der Waals surface area contributed by atoms with E-state index in [0.717, 1.165) is 5.69 Å². The minimum Gasteiger partial charge on any atom is -0.376 e. The zero-order valence-corrected chi connectivity index (χ0v) is 11.5. The quantitative estimate of drug-likeness (QED) is 0.805. The third-order valence-electron chi connectivity index (χ3n) is 2.82. The molecule has 1 heterocycles. The van der Waals surface area contributed by atoms with Crippen molar-refractivity contribution < 1.29 is 4.79 Å². The van der Waals surface area contributed by atoms with Gasteiger partial charge in [0, 0.05) is 18.8 Å². The molecule has 0 fully saturated rings. The van der Waals surface area contributed by atoms with Gasteiger partial charge in [0.1, 0.15) is 0 Å². The van der Waals surface area contributed by atoms with Crippen molar-refractivity contribution in [3.8, 4) is 0 Å². The van der Waals surface area contributed by atoms with Crippen LogP contribution in [0.15, 0.2) is 30.5 Å². The van der Waals surface area contributed by atoms with Gasteiger partial charge in [-0.15, -0.1) is 0 Å². The first-order valence-electron chi connectivity index (χ1n) is 5.89. The molecule has 0 saturated carbocycles. The van der Waals surface area contributed by atoms with Crippen LogP contribution < -0.4 is 10.6 Å². The summed E-state index contributed by atoms with van der Waals surface area (Å²) in [6, 6.07) is 7.02. The summed E-state index contributed by atoms with van der Waals surface area (Å²) in [6.07, 6.45) is 1.69. The molecule has 5 nitrogen and oxygen atoms in total. The molecule has 1 aromatic carbocycles. The van der Waals surface area contributed by atoms with E-state index in [1.165, 1.54) is 0 Å². The van der Waals surface area contributed by atoms with Crippen molar-refractivity contribution in [1.82, 2.24) is 15.5 Å². The maximum absolute atomic E-state index is 11.6. The molecule has 1 amide bonds. The van der Waals surface area contributed by atoms with Gasteiger partial charge in [-0.3, -0.25) is 9.89 Å². The van der Waals surface area contributed by atoms with Gasteiger partial charge < -0.3 is 10.6 Å². The molecular weight excluding hydrogens is 264 g/mol. The summed E-state index contributed by atoms with van der Waals surface area (Å²) in [4.78, 5) is 11.6. The van der Waals surface area contributed by atoms with Gasteiger partial charge in [0.05, 0.1) is 22.4 Å². The summed E-state index contributed by atoms with van der Waals surface area (Å²) in [6.45, 7) is 1.98. The maximum Gasteiger partial charge on any atom is 0.251 e. The first-order chi connectivity index (χ1) is 9.11. The SMILES string of the molecule is CNC(=O)c1ccc(Cl)c(NC(C)c2ccn[nH]2)c1. The molecule has 2 rings (SSSR count). The molecule has 0 aliphatic carbocycles. The first-order valence-corrected chi connectivity index (χ1v) is 6.27. The van der Waals surface area contributed by atoms with Crippen LogP contribution in [-0.4, -0.2) is 23.2 Å². The number of carbonyl (C=O) groups excluding carboxylic acids is 1. The van der Waals surface area contributed by atoms with Gasteiger partial charge in [-0.2, -0.15) is 5.10 Å². The van der Waals surface area contributed by atoms with E-state index in [-0.39, 0.29) is 11.9 Å². The Morgan fingerprint density at radius 3 is 2.84 bits per heavy atom. The number of hydrogen-bond donors (Lipinski definition) is 3. The Balaban J connectivity index is 2.22. The molecule has 1 unspecified atom stereocenters. The summed E-state index contributed by atoms with van der Waals surface area (Å²) in [5, 5.41) is 13.2. The number of rotatable bonds is 4. The fourth-order valence-electron chi connectivity index (χ4n) is 1.74. The number of H-pyrrole nitrogens is 1. The van der Waals surface area contributed by atoms with Crippen LogP contribution >= 0.6 is 11.6 Å². The molecule has 1 aromatic heterocycles. The summed E-state index contributed by atoms with van der Waals surface area (Å²) in [7, 11) is 1.59. The van der Waals surface area contributed by atoms with Crippen LogP contribution in [-0.2, 0) is 0 Å². The van der Waals surface area contributed by atoms with Crippen molar-refractivity contribution >= 4 is 23.2 Å². The smallest absolute Gasteiger partial charge is 0.251 e. The summed E-state index contributed by atoms with van der Waals surface area (Å²) in [5.41, 5.74) is 2.22. The number of amides is 1. The lowest BCUT2D eigenvalue weighted by atomic mass is 10.1. The van der Waals surface area contributed by atoms with E-state index >= 15 is 0 Å². The zero-order chi connectivity index (χ0) is 13.8. The monoisotopic (exact) mass is 278 g/mol. The van der Waals surface area contributed by atoms with E-state index in [9.17, 15) is 4.79 Å². The molecular formula is C13H15ClN4O. The van der Waals surface area contributed by atoms with Gasteiger partial charge in [0.2, 0.25) is 0 Å². The predicted octanol–water partition coefficient (Wildman–Crippen LogP) is 2.60. The second-order valence-corrected chi connectivity index (χ2v) is 4.56. The van der Waals surface area contributed by atoms with Gasteiger partial charge in [-0.05, 0) is 31.2 Å². The lowest BCUT2D eigenvalue weighted by Gasteiger charge is -2.15. The Morgan fingerprint density at radius 1 is 1.42 bits per heavy atom. The van der Waals surface area contributed by atoms with Gasteiger partial charge >= 0.3 is 0 Å². The fraction of sp³-hybridized carbons (Fsp3) is 0.231. The third kappa shape index (κ3) is 3.06. The third-order valence-corrected chi connectivity index (χ3v) is 3.15. The van der Waals surface area contributed by atoms with Crippen LogP contribution in [0.25, 0.3) is 0 Å². The van der Waals surface area contributed by atoms with E-state index in [1.807, 2.05) is 13.0 Å². The number of aromatic nitrogens is 2. The minimum absolute atomic E-state index is 0.0138. The Bertz CT molecular complexity index is 568. The number of benzene rings is 1. The van der Waals surface area contributed by atoms with Crippen molar-refractivity contribution in [2.24, 2.45) is 0 Å². The van der Waals surface area contributed by atoms with Crippen molar-refractivity contribution in [3.05, 3.63) is 46.7 Å². The lowest BCUT2D eigenvalue weighted by molar-refractivity contribution is 0.0963. The molecule has 1 atom stereocenters. The molecule has 0 bridgehead atoms. The molecule has 0 aliphatic heterocycles. The largest absolute Gasteiger partial charge is 0.376 e. The zero-order valence-electron chi connectivity index (χ0n) is 10.7. The molecule has 0 radical (unpaired) electrons. The Kier molecular flexibility index (Phi) is 4.06. The number of hydrogen-bond acceptors (Lipinski definition) is 3. The van der Waals surface area contributed by atoms with Crippen LogP contribution in [0.4, 0.5) is 5.69 Å². The van der Waals surface area contributed by atoms with Crippen LogP contribution in [0.3, 0.4) is 0 Å². The summed E-state index contributed by atoms with van der Waals surface area (Å²) in [5.74, 6) is -0.145. The standard InChI is InChI=1S/C13H15ClN4O/c1-8(11-5-6-16-18-11)17-12-7-9(13(19)15-2)3-4-10(12)14/h3-8,17H,1-2H3,(H,15,19)(H,16,18). The number of nitrogens with zero attached hydrogens (tertiary/aromatic N) is 1. The van der Waals surface area contributed by atoms with E-state index < -0.39 is 0 Å². The molecule has 0 spiro atoms. The van der Waals surface area contributed by atoms with Gasteiger partial charge in [-0.25, -0.2) is 0 Å². The predicted molar refractivity (Wildman–Crippen MR) is 75.5 cm³/mol. The van der Waals surface area contributed by atoms with E-state index in [2.05, 4.69) is 20.8 Å². The van der Waals surface area contributed by atoms with E-state index in [0.29, 0.717) is 16.3 Å². The highest BCUT2D eigenvalue weighted by Crippen LogP contribution is 2.26. The number of nitrogens with one attached hydrogen (secondary N) is 3.